The number of benzene rings is 2. The molecule has 24 heavy (non-hydrogen) atoms. The number of hydrogen-bond donors (Lipinski definition) is 1. The summed E-state index contributed by atoms with van der Waals surface area (Å²) in [7, 11) is -0.709. The summed E-state index contributed by atoms with van der Waals surface area (Å²) in [5.41, 5.74) is 4.60. The van der Waals surface area contributed by atoms with Gasteiger partial charge in [-0.1, -0.05) is 35.9 Å². The third-order valence-corrected chi connectivity index (χ3v) is 5.14. The molecule has 0 spiro atoms. The molecular weight excluding hydrogens is 326 g/mol. The first kappa shape index (κ1) is 17.8. The summed E-state index contributed by atoms with van der Waals surface area (Å²) in [6, 6.07) is 13.5. The van der Waals surface area contributed by atoms with Crippen LogP contribution in [0.3, 0.4) is 0 Å². The van der Waals surface area contributed by atoms with Gasteiger partial charge in [-0.3, -0.25) is 4.79 Å². The number of aryl methyl sites for hydroxylation is 1. The number of amides is 1. The van der Waals surface area contributed by atoms with Gasteiger partial charge < -0.3 is 0 Å². The Balaban J connectivity index is 2.12. The van der Waals surface area contributed by atoms with Gasteiger partial charge in [0.05, 0.1) is 11.1 Å². The molecular formula is C17H19N3O3S. The van der Waals surface area contributed by atoms with Gasteiger partial charge in [-0.15, -0.1) is 0 Å². The first-order valence-corrected chi connectivity index (χ1v) is 8.67. The topological polar surface area (TPSA) is 78.8 Å². The standard InChI is InChI=1S/C17H19N3O3S/c1-13-7-9-14(10-8-13)12-18-19-17(21)15-5-4-6-16(11-15)24(22,23)20(2)3/h4-12H,1-3H3,(H,19,21)/b18-12-. The van der Waals surface area contributed by atoms with Crippen LogP contribution in [0, 0.1) is 6.92 Å². The summed E-state index contributed by atoms with van der Waals surface area (Å²) in [4.78, 5) is 12.2. The van der Waals surface area contributed by atoms with Crippen molar-refractivity contribution in [3.05, 3.63) is 65.2 Å². The third kappa shape index (κ3) is 4.27. The van der Waals surface area contributed by atoms with Crippen molar-refractivity contribution < 1.29 is 13.2 Å². The molecule has 0 aliphatic carbocycles. The molecule has 0 heterocycles. The van der Waals surface area contributed by atoms with Crippen molar-refractivity contribution in [2.75, 3.05) is 14.1 Å². The van der Waals surface area contributed by atoms with Crippen LogP contribution in [0.1, 0.15) is 21.5 Å². The van der Waals surface area contributed by atoms with Crippen LogP contribution in [0.15, 0.2) is 58.5 Å². The molecule has 2 rings (SSSR count). The van der Waals surface area contributed by atoms with Gasteiger partial charge in [0.15, 0.2) is 0 Å². The molecule has 0 saturated heterocycles. The fraction of sp³-hybridized carbons (Fsp3) is 0.176. The zero-order chi connectivity index (χ0) is 17.7. The summed E-state index contributed by atoms with van der Waals surface area (Å²) in [5, 5.41) is 3.89. The van der Waals surface area contributed by atoms with Crippen LogP contribution in [-0.4, -0.2) is 38.9 Å². The molecule has 0 bridgehead atoms. The second-order valence-corrected chi connectivity index (χ2v) is 7.58. The Morgan fingerprint density at radius 2 is 1.79 bits per heavy atom. The summed E-state index contributed by atoms with van der Waals surface area (Å²) < 4.78 is 25.3. The van der Waals surface area contributed by atoms with Crippen LogP contribution >= 0.6 is 0 Å². The SMILES string of the molecule is Cc1ccc(/C=N\NC(=O)c2cccc(S(=O)(=O)N(C)C)c2)cc1. The third-order valence-electron chi connectivity index (χ3n) is 3.33. The number of nitrogens with zero attached hydrogens (tertiary/aromatic N) is 2. The first-order chi connectivity index (χ1) is 11.3. The average Bonchev–Trinajstić information content (AvgIpc) is 2.56. The van der Waals surface area contributed by atoms with Crippen LogP contribution in [-0.2, 0) is 10.0 Å². The van der Waals surface area contributed by atoms with Crippen molar-refractivity contribution in [2.45, 2.75) is 11.8 Å². The zero-order valence-electron chi connectivity index (χ0n) is 13.7. The molecule has 1 N–H and O–H groups in total. The molecule has 0 saturated carbocycles. The maximum atomic E-state index is 12.1. The van der Waals surface area contributed by atoms with Crippen molar-refractivity contribution in [2.24, 2.45) is 5.10 Å². The molecule has 0 radical (unpaired) electrons. The Hall–Kier alpha value is -2.51. The Morgan fingerprint density at radius 3 is 2.42 bits per heavy atom. The molecule has 0 aliphatic heterocycles. The second-order valence-electron chi connectivity index (χ2n) is 5.43. The fourth-order valence-corrected chi connectivity index (χ4v) is 2.84. The lowest BCUT2D eigenvalue weighted by Gasteiger charge is -2.11. The van der Waals surface area contributed by atoms with Crippen molar-refractivity contribution in [1.82, 2.24) is 9.73 Å². The first-order valence-electron chi connectivity index (χ1n) is 7.23. The normalized spacial score (nSPS) is 11.8. The minimum absolute atomic E-state index is 0.0580. The molecule has 0 fully saturated rings. The van der Waals surface area contributed by atoms with Gasteiger partial charge in [-0.05, 0) is 30.7 Å². The molecule has 0 aliphatic rings. The highest BCUT2D eigenvalue weighted by Gasteiger charge is 2.18. The molecule has 2 aromatic rings. The van der Waals surface area contributed by atoms with Gasteiger partial charge in [0.1, 0.15) is 0 Å². The number of nitrogens with one attached hydrogen (secondary N) is 1. The van der Waals surface area contributed by atoms with Gasteiger partial charge in [0.2, 0.25) is 10.0 Å². The lowest BCUT2D eigenvalue weighted by molar-refractivity contribution is 0.0955. The van der Waals surface area contributed by atoms with E-state index in [1.54, 1.807) is 0 Å². The number of sulfonamides is 1. The predicted octanol–water partition coefficient (Wildman–Crippen LogP) is 2.01. The van der Waals surface area contributed by atoms with Crippen molar-refractivity contribution in [1.29, 1.82) is 0 Å². The van der Waals surface area contributed by atoms with Crippen LogP contribution in [0.2, 0.25) is 0 Å². The summed E-state index contributed by atoms with van der Waals surface area (Å²) in [6.45, 7) is 1.98. The lowest BCUT2D eigenvalue weighted by Crippen LogP contribution is -2.23. The smallest absolute Gasteiger partial charge is 0.267 e. The molecule has 7 heteroatoms. The fourth-order valence-electron chi connectivity index (χ4n) is 1.89. The number of hydrazone groups is 1. The largest absolute Gasteiger partial charge is 0.271 e. The molecule has 2 aromatic carbocycles. The Morgan fingerprint density at radius 1 is 1.12 bits per heavy atom. The average molecular weight is 345 g/mol. The maximum Gasteiger partial charge on any atom is 0.271 e. The van der Waals surface area contributed by atoms with E-state index < -0.39 is 15.9 Å². The van der Waals surface area contributed by atoms with Crippen molar-refractivity contribution >= 4 is 22.1 Å². The van der Waals surface area contributed by atoms with E-state index in [2.05, 4.69) is 10.5 Å². The zero-order valence-corrected chi connectivity index (χ0v) is 14.5. The molecule has 126 valence electrons. The van der Waals surface area contributed by atoms with E-state index in [1.165, 1.54) is 44.6 Å². The summed E-state index contributed by atoms with van der Waals surface area (Å²) in [5.74, 6) is -0.478. The van der Waals surface area contributed by atoms with Gasteiger partial charge >= 0.3 is 0 Å². The minimum atomic E-state index is -3.59. The number of carbonyl (C=O) groups is 1. The predicted molar refractivity (Wildman–Crippen MR) is 93.6 cm³/mol. The van der Waals surface area contributed by atoms with Gasteiger partial charge in [0, 0.05) is 19.7 Å². The highest BCUT2D eigenvalue weighted by molar-refractivity contribution is 7.89. The van der Waals surface area contributed by atoms with Gasteiger partial charge in [-0.25, -0.2) is 18.1 Å². The van der Waals surface area contributed by atoms with Crippen LogP contribution in [0.5, 0.6) is 0 Å². The van der Waals surface area contributed by atoms with Crippen LogP contribution in [0.4, 0.5) is 0 Å². The Kier molecular flexibility index (Phi) is 5.48. The second kappa shape index (κ2) is 7.37. The van der Waals surface area contributed by atoms with E-state index in [4.69, 9.17) is 0 Å². The van der Waals surface area contributed by atoms with E-state index in [0.717, 1.165) is 15.4 Å². The monoisotopic (exact) mass is 345 g/mol. The van der Waals surface area contributed by atoms with E-state index >= 15 is 0 Å². The summed E-state index contributed by atoms with van der Waals surface area (Å²) >= 11 is 0. The minimum Gasteiger partial charge on any atom is -0.267 e. The molecule has 1 amide bonds. The van der Waals surface area contributed by atoms with E-state index in [-0.39, 0.29) is 10.5 Å². The maximum absolute atomic E-state index is 12.1. The van der Waals surface area contributed by atoms with Crippen LogP contribution in [0.25, 0.3) is 0 Å². The van der Waals surface area contributed by atoms with Gasteiger partial charge in [0.25, 0.3) is 5.91 Å². The number of carbonyl (C=O) groups excluding carboxylic acids is 1. The van der Waals surface area contributed by atoms with Crippen LogP contribution < -0.4 is 5.43 Å². The quantitative estimate of drug-likeness (QED) is 0.665. The van der Waals surface area contributed by atoms with E-state index in [9.17, 15) is 13.2 Å². The summed E-state index contributed by atoms with van der Waals surface area (Å²) in [6.07, 6.45) is 1.53. The molecule has 0 atom stereocenters. The molecule has 0 unspecified atom stereocenters. The Labute approximate surface area is 141 Å². The van der Waals surface area contributed by atoms with Gasteiger partial charge in [-0.2, -0.15) is 5.10 Å². The molecule has 6 nitrogen and oxygen atoms in total. The Bertz CT molecular complexity index is 857. The van der Waals surface area contributed by atoms with Crippen molar-refractivity contribution in [3.8, 4) is 0 Å². The molecule has 0 aromatic heterocycles. The number of rotatable bonds is 5. The van der Waals surface area contributed by atoms with E-state index in [1.807, 2.05) is 31.2 Å². The lowest BCUT2D eigenvalue weighted by atomic mass is 10.2. The highest BCUT2D eigenvalue weighted by Crippen LogP contribution is 2.14. The number of hydrogen-bond acceptors (Lipinski definition) is 4. The van der Waals surface area contributed by atoms with Crippen molar-refractivity contribution in [3.63, 3.8) is 0 Å². The van der Waals surface area contributed by atoms with E-state index in [0.29, 0.717) is 0 Å². The highest BCUT2D eigenvalue weighted by atomic mass is 32.2.